The number of rotatable bonds is 4. The Labute approximate surface area is 123 Å². The van der Waals surface area contributed by atoms with Crippen molar-refractivity contribution >= 4 is 5.91 Å². The summed E-state index contributed by atoms with van der Waals surface area (Å²) in [5.41, 5.74) is 0.953. The van der Waals surface area contributed by atoms with Gasteiger partial charge in [0.2, 0.25) is 5.91 Å². The third-order valence-electron chi connectivity index (χ3n) is 4.05. The monoisotopic (exact) mass is 295 g/mol. The number of hydrogen-bond acceptors (Lipinski definition) is 5. The number of hydrogen-bond donors (Lipinski definition) is 0. The van der Waals surface area contributed by atoms with Gasteiger partial charge in [-0.25, -0.2) is 0 Å². The molecule has 7 nitrogen and oxygen atoms in total. The number of carbonyl (C=O) groups excluding carboxylic acids is 1. The van der Waals surface area contributed by atoms with Crippen molar-refractivity contribution in [3.8, 4) is 0 Å². The zero-order valence-corrected chi connectivity index (χ0v) is 12.2. The Morgan fingerprint density at radius 3 is 3.24 bits per heavy atom. The molecular formula is C14H21N3O4. The Kier molecular flexibility index (Phi) is 4.52. The van der Waals surface area contributed by atoms with Crippen molar-refractivity contribution in [2.45, 2.75) is 25.2 Å². The van der Waals surface area contributed by atoms with E-state index in [9.17, 15) is 4.79 Å². The lowest BCUT2D eigenvalue weighted by Crippen LogP contribution is -2.58. The number of carbonyl (C=O) groups is 1. The molecular weight excluding hydrogens is 274 g/mol. The number of ether oxygens (including phenoxy) is 3. The molecule has 3 heterocycles. The van der Waals surface area contributed by atoms with Gasteiger partial charge in [0.15, 0.2) is 0 Å². The summed E-state index contributed by atoms with van der Waals surface area (Å²) in [5, 5.41) is 4.07. The molecule has 1 aromatic heterocycles. The average molecular weight is 295 g/mol. The van der Waals surface area contributed by atoms with Crippen LogP contribution in [0.2, 0.25) is 0 Å². The van der Waals surface area contributed by atoms with Crippen LogP contribution in [0.3, 0.4) is 0 Å². The number of aromatic nitrogens is 2. The molecule has 7 heteroatoms. The average Bonchev–Trinajstić information content (AvgIpc) is 2.92. The van der Waals surface area contributed by atoms with Gasteiger partial charge < -0.3 is 19.1 Å². The SMILES string of the molecule is Cn1nccc1COCC(=O)N1CCO[C@@H]2COCC[C@@H]21. The largest absolute Gasteiger partial charge is 0.379 e. The van der Waals surface area contributed by atoms with Crippen LogP contribution in [0.5, 0.6) is 0 Å². The third-order valence-corrected chi connectivity index (χ3v) is 4.05. The van der Waals surface area contributed by atoms with Gasteiger partial charge in [-0.1, -0.05) is 0 Å². The molecule has 0 aliphatic carbocycles. The van der Waals surface area contributed by atoms with E-state index in [2.05, 4.69) is 5.10 Å². The van der Waals surface area contributed by atoms with Crippen LogP contribution < -0.4 is 0 Å². The zero-order valence-electron chi connectivity index (χ0n) is 12.2. The summed E-state index contributed by atoms with van der Waals surface area (Å²) in [6.07, 6.45) is 2.56. The first-order chi connectivity index (χ1) is 10.3. The van der Waals surface area contributed by atoms with Crippen LogP contribution in [0.1, 0.15) is 12.1 Å². The van der Waals surface area contributed by atoms with Crippen LogP contribution in [0.25, 0.3) is 0 Å². The minimum absolute atomic E-state index is 0.00789. The van der Waals surface area contributed by atoms with Crippen LogP contribution in [-0.2, 0) is 32.7 Å². The molecule has 0 aromatic carbocycles. The maximum Gasteiger partial charge on any atom is 0.249 e. The Morgan fingerprint density at radius 1 is 1.52 bits per heavy atom. The van der Waals surface area contributed by atoms with Gasteiger partial charge in [-0.05, 0) is 12.5 Å². The molecule has 21 heavy (non-hydrogen) atoms. The van der Waals surface area contributed by atoms with Crippen molar-refractivity contribution < 1.29 is 19.0 Å². The fourth-order valence-corrected chi connectivity index (χ4v) is 2.86. The van der Waals surface area contributed by atoms with Gasteiger partial charge in [0.05, 0.1) is 31.6 Å². The topological polar surface area (TPSA) is 65.8 Å². The van der Waals surface area contributed by atoms with Gasteiger partial charge in [-0.15, -0.1) is 0 Å². The lowest BCUT2D eigenvalue weighted by Gasteiger charge is -2.43. The Bertz CT molecular complexity index is 488. The fraction of sp³-hybridized carbons (Fsp3) is 0.714. The quantitative estimate of drug-likeness (QED) is 0.779. The molecule has 0 bridgehead atoms. The fourth-order valence-electron chi connectivity index (χ4n) is 2.86. The minimum Gasteiger partial charge on any atom is -0.379 e. The second kappa shape index (κ2) is 6.55. The van der Waals surface area contributed by atoms with E-state index in [1.165, 1.54) is 0 Å². The highest BCUT2D eigenvalue weighted by Crippen LogP contribution is 2.21. The van der Waals surface area contributed by atoms with Crippen molar-refractivity contribution in [1.82, 2.24) is 14.7 Å². The van der Waals surface area contributed by atoms with Gasteiger partial charge in [0.25, 0.3) is 0 Å². The van der Waals surface area contributed by atoms with E-state index >= 15 is 0 Å². The van der Waals surface area contributed by atoms with E-state index in [1.54, 1.807) is 10.9 Å². The summed E-state index contributed by atoms with van der Waals surface area (Å²) in [6, 6.07) is 2.01. The summed E-state index contributed by atoms with van der Waals surface area (Å²) >= 11 is 0. The van der Waals surface area contributed by atoms with Gasteiger partial charge in [-0.2, -0.15) is 5.10 Å². The van der Waals surface area contributed by atoms with Crippen LogP contribution in [0.4, 0.5) is 0 Å². The molecule has 0 unspecified atom stereocenters. The van der Waals surface area contributed by atoms with E-state index in [1.807, 2.05) is 18.0 Å². The van der Waals surface area contributed by atoms with E-state index in [0.29, 0.717) is 33.0 Å². The second-order valence-electron chi connectivity index (χ2n) is 5.37. The highest BCUT2D eigenvalue weighted by atomic mass is 16.5. The van der Waals surface area contributed by atoms with E-state index in [-0.39, 0.29) is 24.7 Å². The molecule has 1 amide bonds. The first-order valence-electron chi connectivity index (χ1n) is 7.29. The van der Waals surface area contributed by atoms with Crippen molar-refractivity contribution in [2.24, 2.45) is 7.05 Å². The molecule has 0 spiro atoms. The molecule has 2 aliphatic rings. The first kappa shape index (κ1) is 14.5. The zero-order chi connectivity index (χ0) is 14.7. The maximum absolute atomic E-state index is 12.3. The molecule has 3 rings (SSSR count). The lowest BCUT2D eigenvalue weighted by molar-refractivity contribution is -0.165. The molecule has 2 atom stereocenters. The van der Waals surface area contributed by atoms with Gasteiger partial charge in [0.1, 0.15) is 12.7 Å². The highest BCUT2D eigenvalue weighted by molar-refractivity contribution is 5.78. The molecule has 0 saturated carbocycles. The predicted molar refractivity (Wildman–Crippen MR) is 73.5 cm³/mol. The van der Waals surface area contributed by atoms with Gasteiger partial charge in [0, 0.05) is 26.4 Å². The normalized spacial score (nSPS) is 25.7. The van der Waals surface area contributed by atoms with Crippen molar-refractivity contribution in [1.29, 1.82) is 0 Å². The lowest BCUT2D eigenvalue weighted by atomic mass is 10.0. The summed E-state index contributed by atoms with van der Waals surface area (Å²) in [6.45, 7) is 2.95. The van der Waals surface area contributed by atoms with Gasteiger partial charge >= 0.3 is 0 Å². The second-order valence-corrected chi connectivity index (χ2v) is 5.37. The summed E-state index contributed by atoms with van der Waals surface area (Å²) in [5.74, 6) is 0.0253. The Hall–Kier alpha value is -1.44. The summed E-state index contributed by atoms with van der Waals surface area (Å²) in [7, 11) is 1.86. The number of morpholine rings is 1. The molecule has 2 saturated heterocycles. The van der Waals surface area contributed by atoms with Gasteiger partial charge in [-0.3, -0.25) is 9.48 Å². The molecule has 0 N–H and O–H groups in total. The van der Waals surface area contributed by atoms with Crippen LogP contribution >= 0.6 is 0 Å². The molecule has 2 aliphatic heterocycles. The summed E-state index contributed by atoms with van der Waals surface area (Å²) < 4.78 is 18.3. The van der Waals surface area contributed by atoms with E-state index in [4.69, 9.17) is 14.2 Å². The highest BCUT2D eigenvalue weighted by Gasteiger charge is 2.37. The number of amides is 1. The molecule has 0 radical (unpaired) electrons. The Morgan fingerprint density at radius 2 is 2.43 bits per heavy atom. The van der Waals surface area contributed by atoms with Crippen molar-refractivity contribution in [3.05, 3.63) is 18.0 Å². The first-order valence-corrected chi connectivity index (χ1v) is 7.29. The molecule has 116 valence electrons. The predicted octanol–water partition coefficient (Wildman–Crippen LogP) is -0.0470. The number of fused-ring (bicyclic) bond motifs is 1. The van der Waals surface area contributed by atoms with Crippen LogP contribution in [-0.4, -0.2) is 65.7 Å². The number of nitrogens with zero attached hydrogens (tertiary/aromatic N) is 3. The number of aryl methyl sites for hydroxylation is 1. The van der Waals surface area contributed by atoms with Crippen LogP contribution in [0, 0.1) is 0 Å². The van der Waals surface area contributed by atoms with E-state index in [0.717, 1.165) is 12.1 Å². The minimum atomic E-state index is 0.00789. The van der Waals surface area contributed by atoms with Crippen molar-refractivity contribution in [3.63, 3.8) is 0 Å². The Balaban J connectivity index is 1.51. The van der Waals surface area contributed by atoms with Crippen LogP contribution in [0.15, 0.2) is 12.3 Å². The standard InChI is InChI=1S/C14H21N3O4/c1-16-11(2-4-15-16)8-20-10-14(18)17-5-7-21-13-9-19-6-3-12(13)17/h2,4,12-13H,3,5-10H2,1H3/t12-,13+/m0/s1. The van der Waals surface area contributed by atoms with Crippen molar-refractivity contribution in [2.75, 3.05) is 33.0 Å². The maximum atomic E-state index is 12.3. The van der Waals surface area contributed by atoms with E-state index < -0.39 is 0 Å². The molecule has 1 aromatic rings. The third kappa shape index (κ3) is 3.25. The summed E-state index contributed by atoms with van der Waals surface area (Å²) in [4.78, 5) is 14.2. The smallest absolute Gasteiger partial charge is 0.249 e. The molecule has 2 fully saturated rings.